The molecule has 3 heterocycles. The molecule has 0 N–H and O–H groups in total. The van der Waals surface area contributed by atoms with E-state index in [4.69, 9.17) is 16.0 Å². The smallest absolute Gasteiger partial charge is 0.255 e. The standard InChI is InChI=1S/C17H20ClN3O2/c1-11(2)3-4-16-20-14-10-21(8-6-15(14)23-16)17(22)12-5-7-19-9-13(12)18/h5,7,9,11H,3-4,6,8,10H2,1-2H3. The Balaban J connectivity index is 1.72. The largest absolute Gasteiger partial charge is 0.445 e. The Morgan fingerprint density at radius 3 is 3.04 bits per heavy atom. The van der Waals surface area contributed by atoms with Crippen molar-refractivity contribution in [2.45, 2.75) is 39.7 Å². The number of hydrogen-bond donors (Lipinski definition) is 0. The van der Waals surface area contributed by atoms with Gasteiger partial charge in [0.15, 0.2) is 5.89 Å². The van der Waals surface area contributed by atoms with Gasteiger partial charge in [-0.25, -0.2) is 4.98 Å². The summed E-state index contributed by atoms with van der Waals surface area (Å²) < 4.78 is 5.83. The fourth-order valence-corrected chi connectivity index (χ4v) is 2.86. The van der Waals surface area contributed by atoms with E-state index in [-0.39, 0.29) is 5.91 Å². The average Bonchev–Trinajstić information content (AvgIpc) is 2.94. The molecule has 0 bridgehead atoms. The predicted octanol–water partition coefficient (Wildman–Crippen LogP) is 3.51. The van der Waals surface area contributed by atoms with E-state index in [0.29, 0.717) is 36.0 Å². The van der Waals surface area contributed by atoms with Gasteiger partial charge in [0.05, 0.1) is 17.1 Å². The van der Waals surface area contributed by atoms with Crippen molar-refractivity contribution >= 4 is 17.5 Å². The zero-order chi connectivity index (χ0) is 16.4. The zero-order valence-corrected chi connectivity index (χ0v) is 14.1. The molecule has 2 aromatic heterocycles. The third kappa shape index (κ3) is 3.55. The first kappa shape index (κ1) is 16.0. The Bertz CT molecular complexity index is 712. The molecular formula is C17H20ClN3O2. The van der Waals surface area contributed by atoms with Crippen molar-refractivity contribution in [2.24, 2.45) is 5.92 Å². The number of aromatic nitrogens is 2. The first-order valence-corrected chi connectivity index (χ1v) is 8.28. The summed E-state index contributed by atoms with van der Waals surface area (Å²) in [6.45, 7) is 5.45. The number of amides is 1. The van der Waals surface area contributed by atoms with Crippen LogP contribution in [0.3, 0.4) is 0 Å². The Hall–Kier alpha value is -1.88. The lowest BCUT2D eigenvalue weighted by Crippen LogP contribution is -2.36. The first-order chi connectivity index (χ1) is 11.0. The second kappa shape index (κ2) is 6.71. The van der Waals surface area contributed by atoms with Crippen LogP contribution in [0, 0.1) is 5.92 Å². The molecule has 5 nitrogen and oxygen atoms in total. The van der Waals surface area contributed by atoms with Crippen molar-refractivity contribution in [1.82, 2.24) is 14.9 Å². The highest BCUT2D eigenvalue weighted by Crippen LogP contribution is 2.24. The topological polar surface area (TPSA) is 59.2 Å². The van der Waals surface area contributed by atoms with Crippen molar-refractivity contribution in [3.05, 3.63) is 46.4 Å². The molecule has 6 heteroatoms. The number of oxazole rings is 1. The van der Waals surface area contributed by atoms with E-state index in [1.165, 1.54) is 6.20 Å². The summed E-state index contributed by atoms with van der Waals surface area (Å²) in [6, 6.07) is 1.65. The Morgan fingerprint density at radius 1 is 1.48 bits per heavy atom. The maximum atomic E-state index is 12.6. The number of hydrogen-bond acceptors (Lipinski definition) is 4. The summed E-state index contributed by atoms with van der Waals surface area (Å²) in [5.74, 6) is 2.22. The van der Waals surface area contributed by atoms with Crippen LogP contribution in [0.2, 0.25) is 5.02 Å². The Morgan fingerprint density at radius 2 is 2.30 bits per heavy atom. The lowest BCUT2D eigenvalue weighted by molar-refractivity contribution is 0.0728. The molecule has 23 heavy (non-hydrogen) atoms. The molecular weight excluding hydrogens is 314 g/mol. The van der Waals surface area contributed by atoms with Gasteiger partial charge in [0.1, 0.15) is 11.5 Å². The van der Waals surface area contributed by atoms with E-state index in [0.717, 1.165) is 30.2 Å². The van der Waals surface area contributed by atoms with Gasteiger partial charge in [0.25, 0.3) is 5.91 Å². The normalized spacial score (nSPS) is 14.2. The maximum Gasteiger partial charge on any atom is 0.255 e. The highest BCUT2D eigenvalue weighted by atomic mass is 35.5. The molecule has 1 aliphatic heterocycles. The van der Waals surface area contributed by atoms with E-state index in [9.17, 15) is 4.79 Å². The van der Waals surface area contributed by atoms with Crippen LogP contribution >= 0.6 is 11.6 Å². The van der Waals surface area contributed by atoms with Gasteiger partial charge in [-0.3, -0.25) is 9.78 Å². The first-order valence-electron chi connectivity index (χ1n) is 7.91. The van der Waals surface area contributed by atoms with Gasteiger partial charge >= 0.3 is 0 Å². The molecule has 0 atom stereocenters. The fourth-order valence-electron chi connectivity index (χ4n) is 2.66. The van der Waals surface area contributed by atoms with E-state index in [1.807, 2.05) is 0 Å². The second-order valence-corrected chi connectivity index (χ2v) is 6.65. The van der Waals surface area contributed by atoms with Crippen LogP contribution < -0.4 is 0 Å². The zero-order valence-electron chi connectivity index (χ0n) is 13.4. The number of carbonyl (C=O) groups is 1. The van der Waals surface area contributed by atoms with Crippen LogP contribution in [0.1, 0.15) is 48.0 Å². The number of fused-ring (bicyclic) bond motifs is 1. The highest BCUT2D eigenvalue weighted by Gasteiger charge is 2.27. The number of rotatable bonds is 4. The Labute approximate surface area is 140 Å². The van der Waals surface area contributed by atoms with E-state index in [2.05, 4.69) is 23.8 Å². The van der Waals surface area contributed by atoms with E-state index >= 15 is 0 Å². The molecule has 0 radical (unpaired) electrons. The van der Waals surface area contributed by atoms with Crippen LogP contribution in [0.4, 0.5) is 0 Å². The average molecular weight is 334 g/mol. The Kier molecular flexibility index (Phi) is 4.66. The molecule has 0 fully saturated rings. The minimum absolute atomic E-state index is 0.0882. The monoisotopic (exact) mass is 333 g/mol. The second-order valence-electron chi connectivity index (χ2n) is 6.24. The van der Waals surface area contributed by atoms with Gasteiger partial charge < -0.3 is 9.32 Å². The summed E-state index contributed by atoms with van der Waals surface area (Å²) >= 11 is 6.07. The molecule has 0 aromatic carbocycles. The minimum Gasteiger partial charge on any atom is -0.445 e. The number of carbonyl (C=O) groups excluding carboxylic acids is 1. The molecule has 2 aromatic rings. The maximum absolute atomic E-state index is 12.6. The van der Waals surface area contributed by atoms with Crippen LogP contribution in [0.25, 0.3) is 0 Å². The third-order valence-corrected chi connectivity index (χ3v) is 4.30. The van der Waals surface area contributed by atoms with Gasteiger partial charge in [0, 0.05) is 31.8 Å². The van der Waals surface area contributed by atoms with Crippen LogP contribution in [-0.4, -0.2) is 27.3 Å². The predicted molar refractivity (Wildman–Crippen MR) is 87.4 cm³/mol. The van der Waals surface area contributed by atoms with Crippen molar-refractivity contribution in [2.75, 3.05) is 6.54 Å². The molecule has 0 saturated carbocycles. The summed E-state index contributed by atoms with van der Waals surface area (Å²) in [7, 11) is 0. The van der Waals surface area contributed by atoms with E-state index < -0.39 is 0 Å². The molecule has 0 unspecified atom stereocenters. The number of pyridine rings is 1. The molecule has 0 saturated heterocycles. The van der Waals surface area contributed by atoms with Gasteiger partial charge in [-0.2, -0.15) is 0 Å². The highest BCUT2D eigenvalue weighted by molar-refractivity contribution is 6.33. The lowest BCUT2D eigenvalue weighted by atomic mass is 10.1. The molecule has 0 spiro atoms. The molecule has 1 aliphatic rings. The quantitative estimate of drug-likeness (QED) is 0.859. The van der Waals surface area contributed by atoms with Gasteiger partial charge in [-0.15, -0.1) is 0 Å². The minimum atomic E-state index is -0.0882. The summed E-state index contributed by atoms with van der Waals surface area (Å²) in [5.41, 5.74) is 1.35. The summed E-state index contributed by atoms with van der Waals surface area (Å²) in [4.78, 5) is 22.9. The molecule has 1 amide bonds. The van der Waals surface area contributed by atoms with Crippen molar-refractivity contribution < 1.29 is 9.21 Å². The molecule has 3 rings (SSSR count). The van der Waals surface area contributed by atoms with Gasteiger partial charge in [-0.05, 0) is 18.4 Å². The van der Waals surface area contributed by atoms with Gasteiger partial charge in [-0.1, -0.05) is 25.4 Å². The van der Waals surface area contributed by atoms with E-state index in [1.54, 1.807) is 17.2 Å². The van der Waals surface area contributed by atoms with Gasteiger partial charge in [0.2, 0.25) is 0 Å². The van der Waals surface area contributed by atoms with Crippen LogP contribution in [0.5, 0.6) is 0 Å². The third-order valence-electron chi connectivity index (χ3n) is 4.00. The van der Waals surface area contributed by atoms with Crippen LogP contribution in [-0.2, 0) is 19.4 Å². The number of aryl methyl sites for hydroxylation is 1. The summed E-state index contributed by atoms with van der Waals surface area (Å²) in [5, 5.41) is 0.376. The lowest BCUT2D eigenvalue weighted by Gasteiger charge is -2.25. The number of nitrogens with zero attached hydrogens (tertiary/aromatic N) is 3. The number of halogens is 1. The molecule has 122 valence electrons. The summed E-state index contributed by atoms with van der Waals surface area (Å²) in [6.07, 6.45) is 5.65. The van der Waals surface area contributed by atoms with Crippen molar-refractivity contribution in [1.29, 1.82) is 0 Å². The fraction of sp³-hybridized carbons (Fsp3) is 0.471. The van der Waals surface area contributed by atoms with Crippen LogP contribution in [0.15, 0.2) is 22.9 Å². The SMILES string of the molecule is CC(C)CCc1nc2c(o1)CCN(C(=O)c1ccncc1Cl)C2. The molecule has 0 aliphatic carbocycles. The van der Waals surface area contributed by atoms with Crippen molar-refractivity contribution in [3.8, 4) is 0 Å². The van der Waals surface area contributed by atoms with Crippen molar-refractivity contribution in [3.63, 3.8) is 0 Å².